The van der Waals surface area contributed by atoms with Gasteiger partial charge in [0.25, 0.3) is 5.91 Å². The molecule has 44 heavy (non-hydrogen) atoms. The molecule has 6 rings (SSSR count). The molecule has 0 saturated carbocycles. The van der Waals surface area contributed by atoms with Crippen LogP contribution in [0.25, 0.3) is 16.9 Å². The van der Waals surface area contributed by atoms with Gasteiger partial charge in [0.2, 0.25) is 5.91 Å². The second kappa shape index (κ2) is 12.4. The first-order chi connectivity index (χ1) is 21.2. The van der Waals surface area contributed by atoms with Gasteiger partial charge in [-0.1, -0.05) is 55.0 Å². The van der Waals surface area contributed by atoms with Crippen LogP contribution in [0.4, 0.5) is 4.39 Å². The van der Waals surface area contributed by atoms with Crippen LogP contribution in [0.2, 0.25) is 0 Å². The highest BCUT2D eigenvalue weighted by Crippen LogP contribution is 2.51. The number of nitrogens with one attached hydrogen (secondary N) is 2. The van der Waals surface area contributed by atoms with Crippen molar-refractivity contribution < 1.29 is 14.0 Å². The van der Waals surface area contributed by atoms with Crippen molar-refractivity contribution in [2.75, 3.05) is 26.2 Å². The largest absolute Gasteiger partial charge is 0.352 e. The monoisotopic (exact) mass is 593 g/mol. The fraction of sp³-hybridized carbons (Fsp3) is 0.361. The zero-order chi connectivity index (χ0) is 30.7. The van der Waals surface area contributed by atoms with Crippen LogP contribution < -0.4 is 10.6 Å². The van der Waals surface area contributed by atoms with E-state index in [0.717, 1.165) is 67.0 Å². The second-order valence-electron chi connectivity index (χ2n) is 12.6. The molecule has 0 radical (unpaired) electrons. The minimum Gasteiger partial charge on any atom is -0.352 e. The third-order valence-corrected chi connectivity index (χ3v) is 8.88. The van der Waals surface area contributed by atoms with Crippen molar-refractivity contribution in [1.82, 2.24) is 25.1 Å². The number of nitrogens with zero attached hydrogens (tertiary/aromatic N) is 3. The van der Waals surface area contributed by atoms with Crippen LogP contribution in [-0.4, -0.2) is 64.2 Å². The van der Waals surface area contributed by atoms with Gasteiger partial charge in [0.1, 0.15) is 16.9 Å². The summed E-state index contributed by atoms with van der Waals surface area (Å²) in [6.07, 6.45) is 8.75. The lowest BCUT2D eigenvalue weighted by Crippen LogP contribution is -2.47. The minimum atomic E-state index is -1.50. The zero-order valence-electron chi connectivity index (χ0n) is 25.4. The van der Waals surface area contributed by atoms with Gasteiger partial charge in [-0.3, -0.25) is 9.59 Å². The molecule has 1 fully saturated rings. The average molecular weight is 594 g/mol. The lowest BCUT2D eigenvalue weighted by Gasteiger charge is -2.32. The number of carbonyl (C=O) groups is 2. The van der Waals surface area contributed by atoms with Crippen molar-refractivity contribution in [2.45, 2.75) is 56.7 Å². The fourth-order valence-corrected chi connectivity index (χ4v) is 6.70. The molecule has 2 N–H and O–H groups in total. The Morgan fingerprint density at radius 3 is 2.27 bits per heavy atom. The standard InChI is InChI=1S/C36H40FN5O2/c1-35(2,37)25-39-34(44)36(30-13-5-3-11-28(30)29-12-4-6-14-31(29)36)18-7-8-19-41-22-17-27(24-41)40-33(43)26-15-16-32(38-23-26)42-20-9-10-21-42/h3-6,9-16,20-21,23,27H,7-8,17-19,22,24-25H2,1-2H3,(H,39,44)(H,40,43). The zero-order valence-corrected chi connectivity index (χ0v) is 25.4. The summed E-state index contributed by atoms with van der Waals surface area (Å²) in [5.41, 5.74) is 2.33. The first kappa shape index (κ1) is 29.8. The van der Waals surface area contributed by atoms with Crippen LogP contribution in [0.1, 0.15) is 61.0 Å². The molecular formula is C36H40FN5O2. The van der Waals surface area contributed by atoms with Gasteiger partial charge in [-0.2, -0.15) is 0 Å². The Bertz CT molecular complexity index is 1560. The molecule has 1 unspecified atom stereocenters. The Balaban J connectivity index is 1.07. The van der Waals surface area contributed by atoms with Gasteiger partial charge < -0.3 is 20.1 Å². The smallest absolute Gasteiger partial charge is 0.253 e. The summed E-state index contributed by atoms with van der Waals surface area (Å²) < 4.78 is 16.4. The molecule has 4 aromatic rings. The number of halogens is 1. The van der Waals surface area contributed by atoms with Gasteiger partial charge in [0.15, 0.2) is 0 Å². The van der Waals surface area contributed by atoms with Gasteiger partial charge in [-0.05, 0) is 86.2 Å². The molecule has 2 aromatic heterocycles. The minimum absolute atomic E-state index is 0.0356. The molecule has 0 bridgehead atoms. The van der Waals surface area contributed by atoms with Crippen LogP contribution in [0.5, 0.6) is 0 Å². The van der Waals surface area contributed by atoms with E-state index in [9.17, 15) is 14.0 Å². The van der Waals surface area contributed by atoms with Gasteiger partial charge in [0, 0.05) is 37.7 Å². The molecule has 3 heterocycles. The third-order valence-electron chi connectivity index (χ3n) is 8.88. The normalized spacial score (nSPS) is 17.2. The summed E-state index contributed by atoms with van der Waals surface area (Å²) in [5, 5.41) is 6.12. The van der Waals surface area contributed by atoms with E-state index < -0.39 is 11.1 Å². The highest BCUT2D eigenvalue weighted by atomic mass is 19.1. The van der Waals surface area contributed by atoms with E-state index in [4.69, 9.17) is 0 Å². The number of alkyl halides is 1. The summed E-state index contributed by atoms with van der Waals surface area (Å²) in [6, 6.07) is 23.8. The number of rotatable bonds is 11. The SMILES string of the molecule is CC(C)(F)CNC(=O)C1(CCCCN2CCC(NC(=O)c3ccc(-n4cccc4)nc3)C2)c2ccccc2-c2ccccc21. The molecule has 7 nitrogen and oxygen atoms in total. The molecule has 2 aliphatic rings. The molecule has 2 amide bonds. The quantitative estimate of drug-likeness (QED) is 0.220. The Labute approximate surface area is 258 Å². The topological polar surface area (TPSA) is 79.3 Å². The number of unbranched alkanes of at least 4 members (excludes halogenated alkanes) is 1. The third kappa shape index (κ3) is 6.04. The summed E-state index contributed by atoms with van der Waals surface area (Å²) in [7, 11) is 0. The van der Waals surface area contributed by atoms with Crippen LogP contribution in [-0.2, 0) is 10.2 Å². The average Bonchev–Trinajstić information content (AvgIpc) is 3.78. The van der Waals surface area contributed by atoms with Crippen LogP contribution in [0, 0.1) is 0 Å². The summed E-state index contributed by atoms with van der Waals surface area (Å²) >= 11 is 0. The van der Waals surface area contributed by atoms with Crippen LogP contribution in [0.15, 0.2) is 91.4 Å². The Kier molecular flexibility index (Phi) is 8.36. The molecule has 2 aromatic carbocycles. The number of likely N-dealkylation sites (tertiary alicyclic amines) is 1. The predicted molar refractivity (Wildman–Crippen MR) is 171 cm³/mol. The molecule has 228 valence electrons. The summed E-state index contributed by atoms with van der Waals surface area (Å²) in [5.74, 6) is 0.528. The number of amides is 2. The van der Waals surface area contributed by atoms with Gasteiger partial charge in [0.05, 0.1) is 12.1 Å². The second-order valence-corrected chi connectivity index (χ2v) is 12.6. The van der Waals surface area contributed by atoms with E-state index in [0.29, 0.717) is 12.0 Å². The molecule has 1 atom stereocenters. The van der Waals surface area contributed by atoms with Crippen molar-refractivity contribution in [3.8, 4) is 16.9 Å². The number of benzene rings is 2. The van der Waals surface area contributed by atoms with E-state index in [2.05, 4.69) is 32.7 Å². The maximum Gasteiger partial charge on any atom is 0.253 e. The van der Waals surface area contributed by atoms with Gasteiger partial charge in [-0.25, -0.2) is 9.37 Å². The highest BCUT2D eigenvalue weighted by Gasteiger charge is 2.48. The lowest BCUT2D eigenvalue weighted by molar-refractivity contribution is -0.126. The number of fused-ring (bicyclic) bond motifs is 3. The number of carbonyl (C=O) groups excluding carboxylic acids is 2. The summed E-state index contributed by atoms with van der Waals surface area (Å²) in [4.78, 5) is 33.7. The number of hydrogen-bond donors (Lipinski definition) is 2. The molecule has 1 aliphatic carbocycles. The molecule has 1 aliphatic heterocycles. The Hall–Kier alpha value is -4.30. The van der Waals surface area contributed by atoms with Crippen molar-refractivity contribution in [3.63, 3.8) is 0 Å². The highest BCUT2D eigenvalue weighted by molar-refractivity contribution is 6.00. The summed E-state index contributed by atoms with van der Waals surface area (Å²) in [6.45, 7) is 5.53. The van der Waals surface area contributed by atoms with Gasteiger partial charge in [-0.15, -0.1) is 0 Å². The van der Waals surface area contributed by atoms with E-state index >= 15 is 0 Å². The maximum atomic E-state index is 14.5. The predicted octanol–water partition coefficient (Wildman–Crippen LogP) is 5.68. The molecular weight excluding hydrogens is 553 g/mol. The van der Waals surface area contributed by atoms with Crippen molar-refractivity contribution in [3.05, 3.63) is 108 Å². The van der Waals surface area contributed by atoms with Crippen LogP contribution in [0.3, 0.4) is 0 Å². The molecule has 0 spiro atoms. The van der Waals surface area contributed by atoms with Gasteiger partial charge >= 0.3 is 0 Å². The Morgan fingerprint density at radius 2 is 1.64 bits per heavy atom. The first-order valence-electron chi connectivity index (χ1n) is 15.5. The van der Waals surface area contributed by atoms with Crippen LogP contribution >= 0.6 is 0 Å². The van der Waals surface area contributed by atoms with E-state index in [1.54, 1.807) is 6.20 Å². The van der Waals surface area contributed by atoms with Crippen molar-refractivity contribution >= 4 is 11.8 Å². The lowest BCUT2D eigenvalue weighted by atomic mass is 9.73. The number of pyridine rings is 1. The fourth-order valence-electron chi connectivity index (χ4n) is 6.70. The number of hydrogen-bond acceptors (Lipinski definition) is 4. The van der Waals surface area contributed by atoms with E-state index in [1.165, 1.54) is 13.8 Å². The molecule has 8 heteroatoms. The Morgan fingerprint density at radius 1 is 0.955 bits per heavy atom. The van der Waals surface area contributed by atoms with E-state index in [-0.39, 0.29) is 24.4 Å². The number of aromatic nitrogens is 2. The van der Waals surface area contributed by atoms with Crippen molar-refractivity contribution in [1.29, 1.82) is 0 Å². The first-order valence-corrected chi connectivity index (χ1v) is 15.5. The maximum absolute atomic E-state index is 14.5. The van der Waals surface area contributed by atoms with E-state index in [1.807, 2.05) is 77.6 Å². The van der Waals surface area contributed by atoms with Crippen molar-refractivity contribution in [2.24, 2.45) is 0 Å². The molecule has 1 saturated heterocycles.